The maximum absolute atomic E-state index is 2.53. The van der Waals surface area contributed by atoms with Gasteiger partial charge in [-0.25, -0.2) is 0 Å². The molecular weight excluding hydrogens is 156 g/mol. The second-order valence-corrected chi connectivity index (χ2v) is 6.25. The third kappa shape index (κ3) is 0.714. The third-order valence-corrected chi connectivity index (χ3v) is 6.31. The SMILES string of the molecule is CC(C)C1(C)C(C)C2CC(C)C21C. The fourth-order valence-corrected chi connectivity index (χ4v) is 4.69. The lowest BCUT2D eigenvalue weighted by Gasteiger charge is -2.78. The molecule has 2 aliphatic rings. The first-order chi connectivity index (χ1) is 5.86. The first-order valence-corrected chi connectivity index (χ1v) is 5.86. The molecule has 0 amide bonds. The van der Waals surface area contributed by atoms with E-state index in [1.807, 2.05) is 0 Å². The predicted octanol–water partition coefficient (Wildman–Crippen LogP) is 3.96. The Balaban J connectivity index is 2.30. The lowest BCUT2D eigenvalue weighted by molar-refractivity contribution is -0.302. The Morgan fingerprint density at radius 2 is 1.69 bits per heavy atom. The fraction of sp³-hybridized carbons (Fsp3) is 1.00. The van der Waals surface area contributed by atoms with Crippen LogP contribution in [0, 0.1) is 34.5 Å². The molecule has 0 heterocycles. The minimum Gasteiger partial charge on any atom is -0.0622 e. The molecule has 0 saturated heterocycles. The van der Waals surface area contributed by atoms with Gasteiger partial charge in [-0.15, -0.1) is 0 Å². The third-order valence-electron chi connectivity index (χ3n) is 6.31. The molecule has 0 radical (unpaired) electrons. The van der Waals surface area contributed by atoms with Crippen molar-refractivity contribution in [2.75, 3.05) is 0 Å². The van der Waals surface area contributed by atoms with Crippen LogP contribution in [0.5, 0.6) is 0 Å². The van der Waals surface area contributed by atoms with Gasteiger partial charge in [0.2, 0.25) is 0 Å². The summed E-state index contributed by atoms with van der Waals surface area (Å²) >= 11 is 0. The maximum Gasteiger partial charge on any atom is -0.0210 e. The molecule has 0 aromatic rings. The zero-order chi connectivity index (χ0) is 10.0. The molecule has 0 spiro atoms. The van der Waals surface area contributed by atoms with Crippen molar-refractivity contribution in [2.24, 2.45) is 34.5 Å². The van der Waals surface area contributed by atoms with Gasteiger partial charge in [0, 0.05) is 0 Å². The summed E-state index contributed by atoms with van der Waals surface area (Å²) in [5, 5.41) is 0. The van der Waals surface area contributed by atoms with E-state index in [1.54, 1.807) is 0 Å². The van der Waals surface area contributed by atoms with Crippen LogP contribution in [0.2, 0.25) is 0 Å². The summed E-state index contributed by atoms with van der Waals surface area (Å²) in [7, 11) is 0. The van der Waals surface area contributed by atoms with Gasteiger partial charge in [-0.05, 0) is 40.9 Å². The first-order valence-electron chi connectivity index (χ1n) is 5.86. The molecule has 0 bridgehead atoms. The Kier molecular flexibility index (Phi) is 1.71. The molecule has 0 nitrogen and oxygen atoms in total. The highest BCUT2D eigenvalue weighted by molar-refractivity contribution is 5.20. The molecule has 0 heteroatoms. The summed E-state index contributed by atoms with van der Waals surface area (Å²) in [4.78, 5) is 0. The lowest BCUT2D eigenvalue weighted by Crippen LogP contribution is -2.72. The van der Waals surface area contributed by atoms with Crippen LogP contribution in [0.4, 0.5) is 0 Å². The highest BCUT2D eigenvalue weighted by atomic mass is 14.8. The van der Waals surface area contributed by atoms with Gasteiger partial charge in [-0.3, -0.25) is 0 Å². The number of hydrogen-bond donors (Lipinski definition) is 0. The summed E-state index contributed by atoms with van der Waals surface area (Å²) < 4.78 is 0. The van der Waals surface area contributed by atoms with Gasteiger partial charge in [0.15, 0.2) is 0 Å². The second-order valence-electron chi connectivity index (χ2n) is 6.25. The molecule has 5 unspecified atom stereocenters. The topological polar surface area (TPSA) is 0 Å². The maximum atomic E-state index is 2.53. The van der Waals surface area contributed by atoms with Gasteiger partial charge in [0.1, 0.15) is 0 Å². The summed E-state index contributed by atoms with van der Waals surface area (Å²) in [6, 6.07) is 0. The van der Waals surface area contributed by atoms with E-state index in [9.17, 15) is 0 Å². The van der Waals surface area contributed by atoms with E-state index in [1.165, 1.54) is 6.42 Å². The molecule has 2 fully saturated rings. The van der Waals surface area contributed by atoms with Crippen LogP contribution in [-0.2, 0) is 0 Å². The van der Waals surface area contributed by atoms with E-state index in [0.717, 1.165) is 23.7 Å². The average molecular weight is 180 g/mol. The second kappa shape index (κ2) is 2.32. The Labute approximate surface area is 83.1 Å². The van der Waals surface area contributed by atoms with Crippen molar-refractivity contribution >= 4 is 0 Å². The van der Waals surface area contributed by atoms with Gasteiger partial charge >= 0.3 is 0 Å². The van der Waals surface area contributed by atoms with Crippen LogP contribution in [0.25, 0.3) is 0 Å². The van der Waals surface area contributed by atoms with E-state index >= 15 is 0 Å². The molecule has 0 N–H and O–H groups in total. The largest absolute Gasteiger partial charge is 0.0622 e. The van der Waals surface area contributed by atoms with Crippen LogP contribution in [0.15, 0.2) is 0 Å². The van der Waals surface area contributed by atoms with E-state index < -0.39 is 0 Å². The molecule has 0 aromatic heterocycles. The molecule has 13 heavy (non-hydrogen) atoms. The molecule has 0 aromatic carbocycles. The zero-order valence-electron chi connectivity index (χ0n) is 10.0. The minimum atomic E-state index is 0.606. The van der Waals surface area contributed by atoms with Crippen molar-refractivity contribution in [3.63, 3.8) is 0 Å². The van der Waals surface area contributed by atoms with Gasteiger partial charge in [-0.1, -0.05) is 41.5 Å². The minimum absolute atomic E-state index is 0.606. The summed E-state index contributed by atoms with van der Waals surface area (Å²) in [6.07, 6.45) is 1.49. The van der Waals surface area contributed by atoms with Crippen molar-refractivity contribution in [2.45, 2.75) is 48.0 Å². The number of rotatable bonds is 1. The van der Waals surface area contributed by atoms with Crippen molar-refractivity contribution < 1.29 is 0 Å². The summed E-state index contributed by atoms with van der Waals surface area (Å²) in [6.45, 7) is 14.8. The van der Waals surface area contributed by atoms with Crippen LogP contribution >= 0.6 is 0 Å². The molecule has 2 aliphatic carbocycles. The zero-order valence-corrected chi connectivity index (χ0v) is 10.0. The van der Waals surface area contributed by atoms with Crippen molar-refractivity contribution in [3.8, 4) is 0 Å². The Hall–Kier alpha value is 0. The van der Waals surface area contributed by atoms with Crippen LogP contribution < -0.4 is 0 Å². The van der Waals surface area contributed by atoms with Crippen molar-refractivity contribution in [3.05, 3.63) is 0 Å². The van der Waals surface area contributed by atoms with Gasteiger partial charge in [0.05, 0.1) is 0 Å². The molecule has 2 rings (SSSR count). The smallest absolute Gasteiger partial charge is 0.0210 e. The summed E-state index contributed by atoms with van der Waals surface area (Å²) in [5.74, 6) is 3.79. The highest BCUT2D eigenvalue weighted by Crippen LogP contribution is 2.78. The Morgan fingerprint density at radius 3 is 2.00 bits per heavy atom. The molecule has 76 valence electrons. The van der Waals surface area contributed by atoms with Gasteiger partial charge in [-0.2, -0.15) is 0 Å². The van der Waals surface area contributed by atoms with Crippen LogP contribution in [0.1, 0.15) is 48.0 Å². The van der Waals surface area contributed by atoms with Gasteiger partial charge in [0.25, 0.3) is 0 Å². The molecule has 5 atom stereocenters. The van der Waals surface area contributed by atoms with Crippen LogP contribution in [0.3, 0.4) is 0 Å². The van der Waals surface area contributed by atoms with E-state index in [2.05, 4.69) is 41.5 Å². The van der Waals surface area contributed by atoms with Gasteiger partial charge < -0.3 is 0 Å². The average Bonchev–Trinajstić information content (AvgIpc) is 2.09. The summed E-state index contributed by atoms with van der Waals surface area (Å²) in [5.41, 5.74) is 1.27. The monoisotopic (exact) mass is 180 g/mol. The number of hydrogen-bond acceptors (Lipinski definition) is 0. The quantitative estimate of drug-likeness (QED) is 0.573. The van der Waals surface area contributed by atoms with E-state index in [4.69, 9.17) is 0 Å². The molecule has 2 saturated carbocycles. The van der Waals surface area contributed by atoms with Crippen LogP contribution in [-0.4, -0.2) is 0 Å². The first kappa shape index (κ1) is 9.55. The Bertz CT molecular complexity index is 230. The normalized spacial score (nSPS) is 59.8. The molecular formula is C13H24. The highest BCUT2D eigenvalue weighted by Gasteiger charge is 2.72. The van der Waals surface area contributed by atoms with E-state index in [0.29, 0.717) is 10.8 Å². The predicted molar refractivity (Wildman–Crippen MR) is 57.5 cm³/mol. The lowest BCUT2D eigenvalue weighted by atomic mass is 9.27. The fourth-order valence-electron chi connectivity index (χ4n) is 4.69. The Morgan fingerprint density at radius 1 is 1.15 bits per heavy atom. The molecule has 0 aliphatic heterocycles. The standard InChI is InChI=1S/C13H24/c1-8(2)12(5)10(4)11-7-9(3)13(11,12)6/h8-11H,7H2,1-6H3. The van der Waals surface area contributed by atoms with E-state index in [-0.39, 0.29) is 0 Å². The van der Waals surface area contributed by atoms with Crippen molar-refractivity contribution in [1.29, 1.82) is 0 Å². The number of fused-ring (bicyclic) bond motifs is 1. The van der Waals surface area contributed by atoms with Crippen molar-refractivity contribution in [1.82, 2.24) is 0 Å².